The van der Waals surface area contributed by atoms with Crippen molar-refractivity contribution in [2.75, 3.05) is 0 Å². The quantitative estimate of drug-likeness (QED) is 0.192. The zero-order chi connectivity index (χ0) is 31.6. The van der Waals surface area contributed by atoms with Crippen LogP contribution in [0.15, 0.2) is 158 Å². The van der Waals surface area contributed by atoms with Gasteiger partial charge in [-0.3, -0.25) is 0 Å². The molecular formula is C44H26O4. The molecule has 2 aliphatic rings. The smallest absolute Gasteiger partial charge is 0.136 e. The fourth-order valence-electron chi connectivity index (χ4n) is 6.98. The fraction of sp³-hybridized carbons (Fsp3) is 0. The van der Waals surface area contributed by atoms with Crippen molar-refractivity contribution in [3.05, 3.63) is 158 Å². The lowest BCUT2D eigenvalue weighted by Gasteiger charge is -2.24. The first-order valence-electron chi connectivity index (χ1n) is 16.0. The predicted octanol–water partition coefficient (Wildman–Crippen LogP) is 12.8. The SMILES string of the molecule is c1ccc(Oc2ccc3c4c(cccc24)Oc2cc(-c4ccc5c(c4)Oc4cccc6c(Oc7ccccc7)ccc-5c46)ccc2-3)cc1. The summed E-state index contributed by atoms with van der Waals surface area (Å²) < 4.78 is 25.7. The van der Waals surface area contributed by atoms with Crippen molar-refractivity contribution >= 4 is 21.5 Å². The normalized spacial score (nSPS) is 12.1. The number of rotatable bonds is 5. The van der Waals surface area contributed by atoms with Gasteiger partial charge in [-0.05, 0) is 107 Å². The standard InChI is InChI=1S/C44H26O4/c1-3-9-29(10-4-1)45-37-23-21-33-31-19-17-27(25-41(31)47-39-15-7-13-35(37)43(33)39)28-18-20-32-34-22-24-38(46-30-11-5-2-6-12-30)36-14-8-16-40(44(34)36)48-42(32)26-28/h1-26H. The van der Waals surface area contributed by atoms with Crippen molar-refractivity contribution in [2.45, 2.75) is 0 Å². The number of benzene rings is 8. The largest absolute Gasteiger partial charge is 0.457 e. The summed E-state index contributed by atoms with van der Waals surface area (Å²) in [6.07, 6.45) is 0. The maximum atomic E-state index is 6.57. The average Bonchev–Trinajstić information content (AvgIpc) is 3.14. The summed E-state index contributed by atoms with van der Waals surface area (Å²) in [6, 6.07) is 53.2. The number of hydrogen-bond donors (Lipinski definition) is 0. The molecule has 2 heterocycles. The lowest BCUT2D eigenvalue weighted by Crippen LogP contribution is -1.99. The van der Waals surface area contributed by atoms with Crippen molar-refractivity contribution in [3.63, 3.8) is 0 Å². The van der Waals surface area contributed by atoms with Gasteiger partial charge in [0.1, 0.15) is 46.0 Å². The third kappa shape index (κ3) is 4.24. The molecule has 0 spiro atoms. The summed E-state index contributed by atoms with van der Waals surface area (Å²) in [5.41, 5.74) is 6.46. The summed E-state index contributed by atoms with van der Waals surface area (Å²) in [5.74, 6) is 6.49. The van der Waals surface area contributed by atoms with E-state index in [1.807, 2.05) is 97.1 Å². The van der Waals surface area contributed by atoms with Gasteiger partial charge in [-0.2, -0.15) is 0 Å². The molecule has 2 aliphatic heterocycles. The van der Waals surface area contributed by atoms with Gasteiger partial charge in [-0.1, -0.05) is 72.8 Å². The summed E-state index contributed by atoms with van der Waals surface area (Å²) in [7, 11) is 0. The van der Waals surface area contributed by atoms with Crippen molar-refractivity contribution in [1.82, 2.24) is 0 Å². The Balaban J connectivity index is 1.01. The van der Waals surface area contributed by atoms with Crippen LogP contribution in [0.2, 0.25) is 0 Å². The minimum absolute atomic E-state index is 0.802. The van der Waals surface area contributed by atoms with Gasteiger partial charge in [-0.25, -0.2) is 0 Å². The van der Waals surface area contributed by atoms with E-state index >= 15 is 0 Å². The Morgan fingerprint density at radius 2 is 0.771 bits per heavy atom. The van der Waals surface area contributed by atoms with E-state index < -0.39 is 0 Å². The van der Waals surface area contributed by atoms with E-state index in [2.05, 4.69) is 60.7 Å². The predicted molar refractivity (Wildman–Crippen MR) is 191 cm³/mol. The average molecular weight is 619 g/mol. The molecule has 0 fully saturated rings. The van der Waals surface area contributed by atoms with Gasteiger partial charge in [-0.15, -0.1) is 0 Å². The van der Waals surface area contributed by atoms with Crippen LogP contribution in [-0.2, 0) is 0 Å². The maximum absolute atomic E-state index is 6.57. The zero-order valence-electron chi connectivity index (χ0n) is 25.6. The van der Waals surface area contributed by atoms with E-state index in [-0.39, 0.29) is 0 Å². The van der Waals surface area contributed by atoms with E-state index in [4.69, 9.17) is 18.9 Å². The minimum Gasteiger partial charge on any atom is -0.457 e. The second-order valence-corrected chi connectivity index (χ2v) is 12.0. The molecular weight excluding hydrogens is 592 g/mol. The highest BCUT2D eigenvalue weighted by molar-refractivity contribution is 6.08. The molecule has 0 aromatic heterocycles. The third-order valence-corrected chi connectivity index (χ3v) is 9.18. The number of hydrogen-bond acceptors (Lipinski definition) is 4. The van der Waals surface area contributed by atoms with Crippen LogP contribution in [0, 0.1) is 0 Å². The number of ether oxygens (including phenoxy) is 4. The molecule has 226 valence electrons. The van der Waals surface area contributed by atoms with Crippen LogP contribution >= 0.6 is 0 Å². The molecule has 0 saturated carbocycles. The minimum atomic E-state index is 0.802. The first-order chi connectivity index (χ1) is 23.8. The van der Waals surface area contributed by atoms with Gasteiger partial charge >= 0.3 is 0 Å². The van der Waals surface area contributed by atoms with Gasteiger partial charge in [0, 0.05) is 32.7 Å². The van der Waals surface area contributed by atoms with E-state index in [0.717, 1.165) is 101 Å². The van der Waals surface area contributed by atoms with Crippen LogP contribution in [0.25, 0.3) is 54.9 Å². The zero-order valence-corrected chi connectivity index (χ0v) is 25.6. The lowest BCUT2D eigenvalue weighted by atomic mass is 9.91. The Bertz CT molecular complexity index is 2380. The van der Waals surface area contributed by atoms with Crippen molar-refractivity contribution in [2.24, 2.45) is 0 Å². The van der Waals surface area contributed by atoms with Crippen molar-refractivity contribution < 1.29 is 18.9 Å². The third-order valence-electron chi connectivity index (χ3n) is 9.18. The topological polar surface area (TPSA) is 36.9 Å². The molecule has 10 rings (SSSR count). The number of fused-ring (bicyclic) bond motifs is 4. The van der Waals surface area contributed by atoms with Gasteiger partial charge in [0.05, 0.1) is 0 Å². The van der Waals surface area contributed by atoms with Crippen LogP contribution in [-0.4, -0.2) is 0 Å². The molecule has 4 heteroatoms. The molecule has 0 radical (unpaired) electrons. The molecule has 0 bridgehead atoms. The summed E-state index contributed by atoms with van der Waals surface area (Å²) in [6.45, 7) is 0. The summed E-state index contributed by atoms with van der Waals surface area (Å²) >= 11 is 0. The summed E-state index contributed by atoms with van der Waals surface area (Å²) in [4.78, 5) is 0. The monoisotopic (exact) mass is 618 g/mol. The molecule has 0 N–H and O–H groups in total. The second-order valence-electron chi connectivity index (χ2n) is 12.0. The lowest BCUT2D eigenvalue weighted by molar-refractivity contribution is 0.481. The highest BCUT2D eigenvalue weighted by Crippen LogP contribution is 2.52. The highest BCUT2D eigenvalue weighted by Gasteiger charge is 2.25. The molecule has 8 aromatic carbocycles. The van der Waals surface area contributed by atoms with Gasteiger partial charge in [0.2, 0.25) is 0 Å². The van der Waals surface area contributed by atoms with E-state index in [1.54, 1.807) is 0 Å². The Hall–Kier alpha value is -6.52. The maximum Gasteiger partial charge on any atom is 0.136 e. The van der Waals surface area contributed by atoms with Gasteiger partial charge in [0.25, 0.3) is 0 Å². The molecule has 0 aliphatic carbocycles. The Kier molecular flexibility index (Phi) is 5.84. The van der Waals surface area contributed by atoms with Crippen LogP contribution in [0.4, 0.5) is 0 Å². The molecule has 0 amide bonds. The molecule has 8 aromatic rings. The van der Waals surface area contributed by atoms with Crippen LogP contribution in [0.3, 0.4) is 0 Å². The molecule has 4 nitrogen and oxygen atoms in total. The second kappa shape index (κ2) is 10.5. The molecule has 0 unspecified atom stereocenters. The Morgan fingerprint density at radius 3 is 1.23 bits per heavy atom. The Morgan fingerprint density at radius 1 is 0.333 bits per heavy atom. The summed E-state index contributed by atoms with van der Waals surface area (Å²) in [5, 5.41) is 4.14. The van der Waals surface area contributed by atoms with Gasteiger partial charge in [0.15, 0.2) is 0 Å². The van der Waals surface area contributed by atoms with Crippen molar-refractivity contribution in [3.8, 4) is 79.4 Å². The molecule has 0 saturated heterocycles. The highest BCUT2D eigenvalue weighted by atomic mass is 16.5. The molecule has 48 heavy (non-hydrogen) atoms. The van der Waals surface area contributed by atoms with Crippen LogP contribution in [0.1, 0.15) is 0 Å². The van der Waals surface area contributed by atoms with E-state index in [1.165, 1.54) is 0 Å². The first kappa shape index (κ1) is 26.7. The first-order valence-corrected chi connectivity index (χ1v) is 16.0. The number of para-hydroxylation sites is 2. The van der Waals surface area contributed by atoms with E-state index in [0.29, 0.717) is 0 Å². The van der Waals surface area contributed by atoms with Crippen LogP contribution in [0.5, 0.6) is 46.0 Å². The van der Waals surface area contributed by atoms with Crippen LogP contribution < -0.4 is 18.9 Å². The fourth-order valence-corrected chi connectivity index (χ4v) is 6.98. The van der Waals surface area contributed by atoms with Crippen molar-refractivity contribution in [1.29, 1.82) is 0 Å². The Labute approximate surface area is 277 Å². The van der Waals surface area contributed by atoms with E-state index in [9.17, 15) is 0 Å². The van der Waals surface area contributed by atoms with Gasteiger partial charge < -0.3 is 18.9 Å². The molecule has 0 atom stereocenters.